The number of benzene rings is 3. The van der Waals surface area contributed by atoms with Crippen LogP contribution in [0.3, 0.4) is 0 Å². The molecule has 3 aromatic carbocycles. The largest absolute Gasteiger partial charge is 0.419 e. The van der Waals surface area contributed by atoms with Gasteiger partial charge in [0.25, 0.3) is 0 Å². The number of hydrogen-bond donors (Lipinski definition) is 1. The summed E-state index contributed by atoms with van der Waals surface area (Å²) in [6.07, 6.45) is -3.82. The van der Waals surface area contributed by atoms with Crippen LogP contribution in [0.5, 0.6) is 0 Å². The van der Waals surface area contributed by atoms with E-state index in [4.69, 9.17) is 0 Å². The molecule has 37 heavy (non-hydrogen) atoms. The first-order valence-electron chi connectivity index (χ1n) is 12.2. The number of rotatable bonds is 6. The number of alkyl halides is 3. The monoisotopic (exact) mass is 512 g/mol. The van der Waals surface area contributed by atoms with Gasteiger partial charge in [-0.1, -0.05) is 55.5 Å². The molecule has 1 unspecified atom stereocenters. The van der Waals surface area contributed by atoms with Crippen LogP contribution in [0.4, 0.5) is 23.2 Å². The first-order valence-corrected chi connectivity index (χ1v) is 12.2. The second-order valence-corrected chi connectivity index (χ2v) is 9.31. The lowest BCUT2D eigenvalue weighted by atomic mass is 9.91. The zero-order valence-corrected chi connectivity index (χ0v) is 20.7. The lowest BCUT2D eigenvalue weighted by molar-refractivity contribution is -0.140. The van der Waals surface area contributed by atoms with Crippen molar-refractivity contribution < 1.29 is 27.2 Å². The molecule has 1 aliphatic rings. The second-order valence-electron chi connectivity index (χ2n) is 9.31. The van der Waals surface area contributed by atoms with E-state index in [9.17, 15) is 27.2 Å². The van der Waals surface area contributed by atoms with Gasteiger partial charge in [0.1, 0.15) is 5.82 Å². The Morgan fingerprint density at radius 1 is 1.05 bits per heavy atom. The molecular weight excluding hydrogens is 484 g/mol. The van der Waals surface area contributed by atoms with Gasteiger partial charge in [0.2, 0.25) is 11.8 Å². The van der Waals surface area contributed by atoms with Gasteiger partial charge >= 0.3 is 6.18 Å². The van der Waals surface area contributed by atoms with Crippen molar-refractivity contribution in [2.75, 3.05) is 11.9 Å². The van der Waals surface area contributed by atoms with Crippen molar-refractivity contribution in [3.05, 3.63) is 99.9 Å². The van der Waals surface area contributed by atoms with Gasteiger partial charge in [0.05, 0.1) is 17.9 Å². The molecule has 1 heterocycles. The lowest BCUT2D eigenvalue weighted by Crippen LogP contribution is -2.39. The van der Waals surface area contributed by atoms with E-state index in [-0.39, 0.29) is 23.8 Å². The Labute approximate surface area is 213 Å². The number of anilines is 1. The van der Waals surface area contributed by atoms with Crippen LogP contribution in [-0.2, 0) is 35.2 Å². The highest BCUT2D eigenvalue weighted by Crippen LogP contribution is 2.33. The summed E-state index contributed by atoms with van der Waals surface area (Å²) < 4.78 is 52.4. The molecular formula is C29H28F4N2O2. The average Bonchev–Trinajstić information content (AvgIpc) is 2.86. The van der Waals surface area contributed by atoms with Gasteiger partial charge in [-0.3, -0.25) is 9.59 Å². The Balaban J connectivity index is 1.49. The van der Waals surface area contributed by atoms with Gasteiger partial charge < -0.3 is 10.2 Å². The summed E-state index contributed by atoms with van der Waals surface area (Å²) in [5.74, 6) is -2.02. The summed E-state index contributed by atoms with van der Waals surface area (Å²) in [6.45, 7) is 4.77. The molecule has 3 aromatic rings. The summed E-state index contributed by atoms with van der Waals surface area (Å²) in [6, 6.07) is 16.0. The highest BCUT2D eigenvalue weighted by Gasteiger charge is 2.34. The minimum absolute atomic E-state index is 0.0647. The molecule has 8 heteroatoms. The first-order chi connectivity index (χ1) is 17.6. The fourth-order valence-corrected chi connectivity index (χ4v) is 4.86. The minimum atomic E-state index is -4.79. The fourth-order valence-electron chi connectivity index (χ4n) is 4.86. The van der Waals surface area contributed by atoms with Crippen molar-refractivity contribution in [3.63, 3.8) is 0 Å². The molecule has 4 nitrogen and oxygen atoms in total. The quantitative estimate of drug-likeness (QED) is 0.388. The Bertz CT molecular complexity index is 1310. The first kappa shape index (κ1) is 26.4. The van der Waals surface area contributed by atoms with Crippen molar-refractivity contribution in [1.82, 2.24) is 4.90 Å². The molecule has 0 aliphatic carbocycles. The SMILES string of the molecule is CCC(C(=O)N1CCc2c(ccc(C)c2NC(=O)Cc2ccc(C(F)(F)F)c(F)c2)C1)c1ccccc1. The minimum Gasteiger partial charge on any atom is -0.337 e. The molecule has 0 fully saturated rings. The van der Waals surface area contributed by atoms with Gasteiger partial charge in [0, 0.05) is 18.8 Å². The third-order valence-electron chi connectivity index (χ3n) is 6.80. The predicted octanol–water partition coefficient (Wildman–Crippen LogP) is 6.41. The summed E-state index contributed by atoms with van der Waals surface area (Å²) >= 11 is 0. The molecule has 2 amide bonds. The van der Waals surface area contributed by atoms with Crippen molar-refractivity contribution in [2.24, 2.45) is 0 Å². The summed E-state index contributed by atoms with van der Waals surface area (Å²) in [4.78, 5) is 27.9. The van der Waals surface area contributed by atoms with E-state index in [1.807, 2.05) is 61.2 Å². The number of nitrogens with zero attached hydrogens (tertiary/aromatic N) is 1. The maximum atomic E-state index is 13.9. The zero-order valence-electron chi connectivity index (χ0n) is 20.7. The Kier molecular flexibility index (Phi) is 7.66. The van der Waals surface area contributed by atoms with E-state index in [0.717, 1.165) is 34.4 Å². The van der Waals surface area contributed by atoms with E-state index in [2.05, 4.69) is 5.32 Å². The number of aryl methyl sites for hydroxylation is 1. The van der Waals surface area contributed by atoms with Gasteiger partial charge in [0.15, 0.2) is 0 Å². The number of amides is 2. The summed E-state index contributed by atoms with van der Waals surface area (Å²) in [5, 5.41) is 2.87. The van der Waals surface area contributed by atoms with Crippen LogP contribution in [0.2, 0.25) is 0 Å². The molecule has 1 aliphatic heterocycles. The lowest BCUT2D eigenvalue weighted by Gasteiger charge is -2.33. The van der Waals surface area contributed by atoms with Crippen LogP contribution in [0, 0.1) is 12.7 Å². The number of halogens is 4. The topological polar surface area (TPSA) is 49.4 Å². The molecule has 0 saturated carbocycles. The van der Waals surface area contributed by atoms with Gasteiger partial charge in [-0.05, 0) is 59.7 Å². The average molecular weight is 513 g/mol. The molecule has 0 aromatic heterocycles. The van der Waals surface area contributed by atoms with Gasteiger partial charge in [-0.2, -0.15) is 13.2 Å². The van der Waals surface area contributed by atoms with Crippen LogP contribution in [0.15, 0.2) is 60.7 Å². The van der Waals surface area contributed by atoms with Crippen molar-refractivity contribution in [3.8, 4) is 0 Å². The van der Waals surface area contributed by atoms with Crippen LogP contribution < -0.4 is 5.32 Å². The van der Waals surface area contributed by atoms with E-state index in [1.54, 1.807) is 0 Å². The fraction of sp³-hybridized carbons (Fsp3) is 0.310. The number of fused-ring (bicyclic) bond motifs is 1. The normalized spacial score (nSPS) is 14.2. The molecule has 194 valence electrons. The highest BCUT2D eigenvalue weighted by molar-refractivity contribution is 5.94. The van der Waals surface area contributed by atoms with Crippen LogP contribution in [-0.4, -0.2) is 23.3 Å². The van der Waals surface area contributed by atoms with E-state index in [0.29, 0.717) is 37.7 Å². The maximum Gasteiger partial charge on any atom is 0.419 e. The summed E-state index contributed by atoms with van der Waals surface area (Å²) in [5.41, 5.74) is 3.11. The third kappa shape index (κ3) is 5.84. The van der Waals surface area contributed by atoms with E-state index in [1.165, 1.54) is 0 Å². The molecule has 0 radical (unpaired) electrons. The number of nitrogens with one attached hydrogen (secondary N) is 1. The standard InChI is InChI=1S/C29H28F4N2O2/c1-3-22(20-7-5-4-6-8-20)28(37)35-14-13-23-21(17-35)11-9-18(2)27(23)34-26(36)16-19-10-12-24(25(30)15-19)29(31,32)33/h4-12,15,22H,3,13-14,16-17H2,1-2H3,(H,34,36). The Morgan fingerprint density at radius 3 is 2.43 bits per heavy atom. The predicted molar refractivity (Wildman–Crippen MR) is 134 cm³/mol. The molecule has 1 atom stereocenters. The van der Waals surface area contributed by atoms with E-state index >= 15 is 0 Å². The molecule has 4 rings (SSSR count). The Morgan fingerprint density at radius 2 is 1.78 bits per heavy atom. The van der Waals surface area contributed by atoms with Gasteiger partial charge in [-0.25, -0.2) is 4.39 Å². The van der Waals surface area contributed by atoms with E-state index < -0.39 is 23.5 Å². The summed E-state index contributed by atoms with van der Waals surface area (Å²) in [7, 11) is 0. The number of carbonyl (C=O) groups excluding carboxylic acids is 2. The van der Waals surface area contributed by atoms with Crippen LogP contribution in [0.25, 0.3) is 0 Å². The zero-order chi connectivity index (χ0) is 26.7. The van der Waals surface area contributed by atoms with Crippen molar-refractivity contribution >= 4 is 17.5 Å². The molecule has 0 bridgehead atoms. The van der Waals surface area contributed by atoms with Gasteiger partial charge in [-0.15, -0.1) is 0 Å². The second kappa shape index (κ2) is 10.7. The highest BCUT2D eigenvalue weighted by atomic mass is 19.4. The third-order valence-corrected chi connectivity index (χ3v) is 6.80. The number of carbonyl (C=O) groups is 2. The number of hydrogen-bond acceptors (Lipinski definition) is 2. The van der Waals surface area contributed by atoms with Crippen molar-refractivity contribution in [2.45, 2.75) is 51.7 Å². The van der Waals surface area contributed by atoms with Crippen LogP contribution in [0.1, 0.15) is 52.6 Å². The molecule has 1 N–H and O–H groups in total. The van der Waals surface area contributed by atoms with Crippen LogP contribution >= 0.6 is 0 Å². The van der Waals surface area contributed by atoms with Crippen molar-refractivity contribution in [1.29, 1.82) is 0 Å². The maximum absolute atomic E-state index is 13.9. The molecule has 0 saturated heterocycles. The molecule has 0 spiro atoms. The smallest absolute Gasteiger partial charge is 0.337 e. The Hall–Kier alpha value is -3.68.